The highest BCUT2D eigenvalue weighted by molar-refractivity contribution is 6.05. The molecule has 59 heavy (non-hydrogen) atoms. The van der Waals surface area contributed by atoms with Crippen LogP contribution in [0.15, 0.2) is 42.7 Å². The average molecular weight is 807 g/mol. The number of hydrogen-bond acceptors (Lipinski definition) is 11. The molecule has 15 heteroatoms. The van der Waals surface area contributed by atoms with Crippen LogP contribution >= 0.6 is 0 Å². The van der Waals surface area contributed by atoms with E-state index in [4.69, 9.17) is 14.2 Å². The predicted molar refractivity (Wildman–Crippen MR) is 217 cm³/mol. The zero-order chi connectivity index (χ0) is 40.3. The first-order valence-corrected chi connectivity index (χ1v) is 21.4. The number of amides is 3. The molecule has 2 saturated carbocycles. The summed E-state index contributed by atoms with van der Waals surface area (Å²) in [5, 5.41) is 11.0. The van der Waals surface area contributed by atoms with Crippen LogP contribution in [0.5, 0.6) is 5.75 Å². The maximum absolute atomic E-state index is 15.9. The number of carbonyl (C=O) groups excluding carboxylic acids is 3. The minimum absolute atomic E-state index is 0.0255. The van der Waals surface area contributed by atoms with Crippen molar-refractivity contribution in [2.45, 2.75) is 127 Å². The van der Waals surface area contributed by atoms with Crippen LogP contribution in [0.4, 0.5) is 15.9 Å². The van der Waals surface area contributed by atoms with Gasteiger partial charge in [0.15, 0.2) is 5.82 Å². The fraction of sp³-hybridized carbons (Fsp3) is 0.545. The molecule has 0 radical (unpaired) electrons. The fourth-order valence-electron chi connectivity index (χ4n) is 9.61. The second kappa shape index (κ2) is 15.5. The van der Waals surface area contributed by atoms with Crippen LogP contribution in [-0.4, -0.2) is 105 Å². The molecule has 2 aromatic heterocycles. The molecule has 6 heterocycles. The summed E-state index contributed by atoms with van der Waals surface area (Å²) in [5.74, 6) is 0.145. The molecule has 0 spiro atoms. The van der Waals surface area contributed by atoms with Gasteiger partial charge < -0.3 is 28.9 Å². The van der Waals surface area contributed by atoms with Crippen LogP contribution in [0, 0.1) is 5.82 Å². The smallest absolute Gasteiger partial charge is 0.255 e. The van der Waals surface area contributed by atoms with Gasteiger partial charge in [0.25, 0.3) is 5.91 Å². The van der Waals surface area contributed by atoms with Crippen molar-refractivity contribution in [2.75, 3.05) is 36.0 Å². The van der Waals surface area contributed by atoms with Gasteiger partial charge in [-0.3, -0.25) is 24.8 Å². The molecule has 1 unspecified atom stereocenters. The summed E-state index contributed by atoms with van der Waals surface area (Å²) in [4.78, 5) is 52.2. The van der Waals surface area contributed by atoms with Crippen LogP contribution in [0.25, 0.3) is 22.3 Å². The van der Waals surface area contributed by atoms with E-state index < -0.39 is 17.8 Å². The normalized spacial score (nSPS) is 25.1. The number of fused-ring (bicyclic) bond motifs is 2. The minimum Gasteiger partial charge on any atom is -0.488 e. The summed E-state index contributed by atoms with van der Waals surface area (Å²) < 4.78 is 35.4. The molecule has 4 aliphatic heterocycles. The van der Waals surface area contributed by atoms with E-state index >= 15 is 4.39 Å². The van der Waals surface area contributed by atoms with E-state index in [2.05, 4.69) is 43.4 Å². The Morgan fingerprint density at radius 2 is 1.47 bits per heavy atom. The predicted octanol–water partition coefficient (Wildman–Crippen LogP) is 5.83. The van der Waals surface area contributed by atoms with Gasteiger partial charge >= 0.3 is 0 Å². The third-order valence-corrected chi connectivity index (χ3v) is 13.3. The number of rotatable bonds is 10. The number of benzene rings is 2. The molecule has 2 N–H and O–H groups in total. The second-order valence-corrected chi connectivity index (χ2v) is 17.5. The van der Waals surface area contributed by atoms with E-state index in [9.17, 15) is 14.4 Å². The Balaban J connectivity index is 0.667. The first-order valence-electron chi connectivity index (χ1n) is 21.4. The molecule has 5 fully saturated rings. The Bertz CT molecular complexity index is 2260. The number of hydrogen-bond donors (Lipinski definition) is 2. The molecule has 4 aromatic rings. The molecule has 0 bridgehead atoms. The highest BCUT2D eigenvalue weighted by atomic mass is 19.1. The Labute approximate surface area is 342 Å². The van der Waals surface area contributed by atoms with Crippen LogP contribution in [-0.2, 0) is 25.6 Å². The summed E-state index contributed by atoms with van der Waals surface area (Å²) in [6.45, 7) is 5.23. The van der Waals surface area contributed by atoms with Gasteiger partial charge in [0.1, 0.15) is 29.5 Å². The van der Waals surface area contributed by atoms with Gasteiger partial charge in [-0.15, -0.1) is 0 Å². The van der Waals surface area contributed by atoms with Crippen molar-refractivity contribution < 1.29 is 33.0 Å². The molecule has 3 amide bonds. The number of ether oxygens (including phenoxy) is 3. The van der Waals surface area contributed by atoms with Crippen molar-refractivity contribution in [3.05, 3.63) is 59.7 Å². The van der Waals surface area contributed by atoms with E-state index in [0.717, 1.165) is 111 Å². The second-order valence-electron chi connectivity index (χ2n) is 17.5. The van der Waals surface area contributed by atoms with Gasteiger partial charge in [-0.2, -0.15) is 5.10 Å². The number of halogens is 1. The molecule has 310 valence electrons. The molecule has 10 rings (SSSR count). The lowest BCUT2D eigenvalue weighted by molar-refractivity contribution is -0.136. The van der Waals surface area contributed by atoms with E-state index in [1.165, 1.54) is 4.90 Å². The Morgan fingerprint density at radius 1 is 0.797 bits per heavy atom. The highest BCUT2D eigenvalue weighted by Gasteiger charge is 2.42. The average Bonchev–Trinajstić information content (AvgIpc) is 3.66. The fourth-order valence-corrected chi connectivity index (χ4v) is 9.61. The first-order chi connectivity index (χ1) is 28.7. The van der Waals surface area contributed by atoms with Crippen LogP contribution in [0.2, 0.25) is 0 Å². The lowest BCUT2D eigenvalue weighted by atomic mass is 9.93. The Kier molecular flexibility index (Phi) is 9.98. The lowest BCUT2D eigenvalue weighted by Crippen LogP contribution is -2.52. The quantitative estimate of drug-likeness (QED) is 0.186. The number of aromatic nitrogens is 4. The number of imide groups is 1. The van der Waals surface area contributed by atoms with Gasteiger partial charge in [0.05, 0.1) is 53.6 Å². The van der Waals surface area contributed by atoms with Crippen molar-refractivity contribution in [1.29, 1.82) is 0 Å². The molecule has 1 atom stereocenters. The van der Waals surface area contributed by atoms with Crippen molar-refractivity contribution in [1.82, 2.24) is 30.4 Å². The summed E-state index contributed by atoms with van der Waals surface area (Å²) >= 11 is 0. The summed E-state index contributed by atoms with van der Waals surface area (Å²) in [6.07, 6.45) is 12.4. The number of H-pyrrole nitrogens is 1. The molecule has 3 saturated heterocycles. The molecule has 6 aliphatic rings. The monoisotopic (exact) mass is 806 g/mol. The van der Waals surface area contributed by atoms with Gasteiger partial charge in [-0.25, -0.2) is 14.4 Å². The zero-order valence-electron chi connectivity index (χ0n) is 33.5. The van der Waals surface area contributed by atoms with Crippen molar-refractivity contribution >= 4 is 40.1 Å². The zero-order valence-corrected chi connectivity index (χ0v) is 33.5. The molecular weight excluding hydrogens is 756 g/mol. The van der Waals surface area contributed by atoms with Gasteiger partial charge in [-0.05, 0) is 108 Å². The van der Waals surface area contributed by atoms with E-state index in [-0.39, 0.29) is 61.2 Å². The Hall–Kier alpha value is -5.15. The summed E-state index contributed by atoms with van der Waals surface area (Å²) in [6, 6.07) is 10.7. The molecular formula is C44H51FN8O6. The lowest BCUT2D eigenvalue weighted by Gasteiger charge is -2.38. The topological polar surface area (TPSA) is 155 Å². The number of nitrogens with one attached hydrogen (secondary N) is 2. The van der Waals surface area contributed by atoms with E-state index in [1.54, 1.807) is 18.5 Å². The standard InChI is InChI=1S/C44H51FN8O6/c1-44(16-17-44)59-30-6-8-34-32(22-30)41(50-49-34)35-23-38(47-25-46-35)52-20-14-29(15-21-52)58-27-4-2-26(3-5-27)57-28-12-18-51(19-13-28)36-9-7-31-33(40(36)45)24-53(43(31)56)37-10-11-39(54)48-42(37)55/h6-9,22-23,25-29,37H,2-5,10-21,24H2,1H3,(H,49,50)(H,48,54,55)/t26-,27-,37?. The number of piperidine rings is 3. The van der Waals surface area contributed by atoms with Crippen molar-refractivity contribution in [3.63, 3.8) is 0 Å². The third-order valence-electron chi connectivity index (χ3n) is 13.3. The van der Waals surface area contributed by atoms with Crippen LogP contribution in [0.3, 0.4) is 0 Å². The third kappa shape index (κ3) is 7.74. The number of nitrogens with zero attached hydrogens (tertiary/aromatic N) is 6. The van der Waals surface area contributed by atoms with E-state index in [0.29, 0.717) is 29.9 Å². The van der Waals surface area contributed by atoms with Crippen LogP contribution in [0.1, 0.15) is 99.9 Å². The van der Waals surface area contributed by atoms with Crippen molar-refractivity contribution in [3.8, 4) is 17.1 Å². The largest absolute Gasteiger partial charge is 0.488 e. The summed E-state index contributed by atoms with van der Waals surface area (Å²) in [7, 11) is 0. The maximum Gasteiger partial charge on any atom is 0.255 e. The van der Waals surface area contributed by atoms with Crippen molar-refractivity contribution in [2.24, 2.45) is 0 Å². The van der Waals surface area contributed by atoms with Crippen LogP contribution < -0.4 is 19.9 Å². The number of aromatic amines is 1. The van der Waals surface area contributed by atoms with E-state index in [1.807, 2.05) is 23.1 Å². The van der Waals surface area contributed by atoms with Gasteiger partial charge in [0.2, 0.25) is 11.8 Å². The molecule has 14 nitrogen and oxygen atoms in total. The minimum atomic E-state index is -0.768. The van der Waals surface area contributed by atoms with Gasteiger partial charge in [0, 0.05) is 55.2 Å². The summed E-state index contributed by atoms with van der Waals surface area (Å²) in [5.41, 5.74) is 3.59. The molecule has 2 aromatic carbocycles. The first kappa shape index (κ1) is 38.1. The molecule has 2 aliphatic carbocycles. The highest BCUT2D eigenvalue weighted by Crippen LogP contribution is 2.41. The van der Waals surface area contributed by atoms with Gasteiger partial charge in [-0.1, -0.05) is 0 Å². The SMILES string of the molecule is CC1(Oc2ccc3n[nH]c(-c4cc(N5CCC(O[C@H]6CC[C@H](OC7CCN(c8ccc9c(c8F)CN(C8CCC(=O)NC8=O)C9=O)CC7)CC6)CC5)ncn4)c3c2)CC1. The number of anilines is 2. The maximum atomic E-state index is 15.9. The number of carbonyl (C=O) groups is 3. The Morgan fingerprint density at radius 3 is 2.15 bits per heavy atom.